The molecule has 1 aromatic heterocycles. The smallest absolute Gasteiger partial charge is 0.278 e. The fraction of sp³-hybridized carbons (Fsp3) is 0.571. The molecule has 0 amide bonds. The molecule has 0 bridgehead atoms. The summed E-state index contributed by atoms with van der Waals surface area (Å²) in [6.45, 7) is 6.03. The molecular formula is C14H20ClN5O4. The van der Waals surface area contributed by atoms with Gasteiger partial charge in [0.25, 0.3) is 5.96 Å². The van der Waals surface area contributed by atoms with Crippen LogP contribution in [-0.2, 0) is 16.0 Å². The van der Waals surface area contributed by atoms with Gasteiger partial charge in [-0.25, -0.2) is 15.1 Å². The maximum Gasteiger partial charge on any atom is 0.278 e. The highest BCUT2D eigenvalue weighted by Crippen LogP contribution is 2.18. The second kappa shape index (κ2) is 8.76. The Kier molecular flexibility index (Phi) is 6.71. The Morgan fingerprint density at radius 1 is 1.38 bits per heavy atom. The normalized spacial score (nSPS) is 16.4. The third-order valence-corrected chi connectivity index (χ3v) is 3.58. The third kappa shape index (κ3) is 4.76. The summed E-state index contributed by atoms with van der Waals surface area (Å²) >= 11 is 5.78. The van der Waals surface area contributed by atoms with Gasteiger partial charge in [-0.3, -0.25) is 4.90 Å². The van der Waals surface area contributed by atoms with Crippen LogP contribution < -0.4 is 0 Å². The maximum absolute atomic E-state index is 10.9. The van der Waals surface area contributed by atoms with Gasteiger partial charge < -0.3 is 14.4 Å². The van der Waals surface area contributed by atoms with Gasteiger partial charge in [0.2, 0.25) is 6.41 Å². The number of hydrazone groups is 1. The average Bonchev–Trinajstić information content (AvgIpc) is 2.91. The van der Waals surface area contributed by atoms with Crippen LogP contribution in [0.3, 0.4) is 0 Å². The van der Waals surface area contributed by atoms with E-state index in [1.807, 2.05) is 19.9 Å². The molecule has 1 aliphatic rings. The monoisotopic (exact) mass is 357 g/mol. The van der Waals surface area contributed by atoms with Gasteiger partial charge in [-0.1, -0.05) is 17.7 Å². The van der Waals surface area contributed by atoms with Gasteiger partial charge in [-0.15, -0.1) is 0 Å². The number of rotatable bonds is 8. The molecule has 0 N–H and O–H groups in total. The van der Waals surface area contributed by atoms with E-state index < -0.39 is 11.4 Å². The first-order valence-corrected chi connectivity index (χ1v) is 8.01. The van der Waals surface area contributed by atoms with E-state index in [0.717, 1.165) is 5.56 Å². The van der Waals surface area contributed by atoms with E-state index in [1.54, 1.807) is 22.1 Å². The largest absolute Gasteiger partial charge is 0.335 e. The summed E-state index contributed by atoms with van der Waals surface area (Å²) in [7, 11) is 0. The molecule has 9 nitrogen and oxygen atoms in total. The van der Waals surface area contributed by atoms with Crippen molar-refractivity contribution in [3.05, 3.63) is 39.2 Å². The van der Waals surface area contributed by atoms with Gasteiger partial charge in [-0.05, 0) is 25.5 Å². The Labute approximate surface area is 144 Å². The Morgan fingerprint density at radius 3 is 2.62 bits per heavy atom. The van der Waals surface area contributed by atoms with Gasteiger partial charge in [-0.2, -0.15) is 0 Å². The van der Waals surface area contributed by atoms with E-state index in [-0.39, 0.29) is 5.96 Å². The first kappa shape index (κ1) is 18.4. The molecule has 132 valence electrons. The molecule has 0 aliphatic carbocycles. The van der Waals surface area contributed by atoms with Crippen molar-refractivity contribution >= 4 is 17.6 Å². The number of nitro groups is 1. The van der Waals surface area contributed by atoms with Gasteiger partial charge in [0.15, 0.2) is 5.03 Å². The van der Waals surface area contributed by atoms with Crippen LogP contribution in [-0.4, -0.2) is 58.5 Å². The molecule has 1 fully saturated rings. The lowest BCUT2D eigenvalue weighted by Crippen LogP contribution is -2.44. The summed E-state index contributed by atoms with van der Waals surface area (Å²) in [6, 6.07) is 3.50. The van der Waals surface area contributed by atoms with Crippen LogP contribution in [0.2, 0.25) is 5.15 Å². The summed E-state index contributed by atoms with van der Waals surface area (Å²) in [5, 5.41) is 14.1. The van der Waals surface area contributed by atoms with E-state index in [2.05, 4.69) is 10.1 Å². The molecule has 10 heteroatoms. The first-order valence-electron chi connectivity index (χ1n) is 7.63. The topological polar surface area (TPSA) is 93.3 Å². The van der Waals surface area contributed by atoms with Gasteiger partial charge in [0.05, 0.1) is 0 Å². The maximum atomic E-state index is 10.9. The summed E-state index contributed by atoms with van der Waals surface area (Å²) < 4.78 is 11.1. The predicted molar refractivity (Wildman–Crippen MR) is 87.8 cm³/mol. The van der Waals surface area contributed by atoms with Crippen LogP contribution >= 0.6 is 11.6 Å². The van der Waals surface area contributed by atoms with Crippen LogP contribution in [0, 0.1) is 10.1 Å². The van der Waals surface area contributed by atoms with Crippen molar-refractivity contribution in [2.24, 2.45) is 5.10 Å². The lowest BCUT2D eigenvalue weighted by Gasteiger charge is -2.28. The van der Waals surface area contributed by atoms with Crippen LogP contribution in [0.5, 0.6) is 0 Å². The highest BCUT2D eigenvalue weighted by Gasteiger charge is 2.35. The molecule has 1 aliphatic heterocycles. The van der Waals surface area contributed by atoms with Crippen LogP contribution in [0.15, 0.2) is 23.4 Å². The zero-order chi connectivity index (χ0) is 17.5. The number of hydrogen-bond acceptors (Lipinski definition) is 5. The van der Waals surface area contributed by atoms with Crippen molar-refractivity contribution in [3.8, 4) is 0 Å². The Balaban J connectivity index is 2.19. The molecule has 0 unspecified atom stereocenters. The lowest BCUT2D eigenvalue weighted by atomic mass is 10.3. The molecule has 0 spiro atoms. The van der Waals surface area contributed by atoms with Gasteiger partial charge in [0, 0.05) is 39.0 Å². The van der Waals surface area contributed by atoms with Gasteiger partial charge in [0.1, 0.15) is 10.3 Å². The standard InChI is InChI=1S/C14H20ClN5O4/c1-3-23-14(24-4-2)19-8-7-18(13(19)17-20(21)22)10-11-5-6-12(15)16-9-11/h5-6,9,14H,3-4,7-8,10H2,1-2H3. The van der Waals surface area contributed by atoms with Crippen molar-refractivity contribution in [2.45, 2.75) is 26.8 Å². The van der Waals surface area contributed by atoms with Crippen LogP contribution in [0.25, 0.3) is 0 Å². The summed E-state index contributed by atoms with van der Waals surface area (Å²) in [4.78, 5) is 18.4. The summed E-state index contributed by atoms with van der Waals surface area (Å²) in [6.07, 6.45) is 0.934. The second-order valence-corrected chi connectivity index (χ2v) is 5.35. The Morgan fingerprint density at radius 2 is 2.08 bits per heavy atom. The average molecular weight is 358 g/mol. The molecule has 1 aromatic rings. The van der Waals surface area contributed by atoms with Crippen LogP contribution in [0.4, 0.5) is 0 Å². The van der Waals surface area contributed by atoms with E-state index in [1.165, 1.54) is 0 Å². The summed E-state index contributed by atoms with van der Waals surface area (Å²) in [5.41, 5.74) is 0.877. The highest BCUT2D eigenvalue weighted by molar-refractivity contribution is 6.29. The zero-order valence-corrected chi connectivity index (χ0v) is 14.3. The van der Waals surface area contributed by atoms with Crippen molar-refractivity contribution in [2.75, 3.05) is 26.3 Å². The number of pyridine rings is 1. The molecular weight excluding hydrogens is 338 g/mol. The number of halogens is 1. The fourth-order valence-corrected chi connectivity index (χ4v) is 2.50. The molecule has 1 saturated heterocycles. The first-order chi connectivity index (χ1) is 11.5. The van der Waals surface area contributed by atoms with Crippen molar-refractivity contribution in [1.82, 2.24) is 14.8 Å². The number of ether oxygens (including phenoxy) is 2. The number of aromatic nitrogens is 1. The number of guanidine groups is 1. The van der Waals surface area contributed by atoms with E-state index in [4.69, 9.17) is 21.1 Å². The zero-order valence-electron chi connectivity index (χ0n) is 13.6. The SMILES string of the molecule is CCOC(OCC)N1CCN(Cc2ccc(Cl)nc2)C1=N[N+](=O)[O-]. The minimum atomic E-state index is -0.713. The molecule has 0 radical (unpaired) electrons. The van der Waals surface area contributed by atoms with Crippen molar-refractivity contribution < 1.29 is 14.5 Å². The second-order valence-electron chi connectivity index (χ2n) is 4.96. The summed E-state index contributed by atoms with van der Waals surface area (Å²) in [5.74, 6) is 0.210. The predicted octanol–water partition coefficient (Wildman–Crippen LogP) is 1.76. The van der Waals surface area contributed by atoms with E-state index in [0.29, 0.717) is 38.0 Å². The minimum Gasteiger partial charge on any atom is -0.335 e. The van der Waals surface area contributed by atoms with Gasteiger partial charge >= 0.3 is 0 Å². The third-order valence-electron chi connectivity index (χ3n) is 3.36. The molecule has 0 saturated carbocycles. The molecule has 0 aromatic carbocycles. The lowest BCUT2D eigenvalue weighted by molar-refractivity contribution is -0.486. The number of hydrogen-bond donors (Lipinski definition) is 0. The van der Waals surface area contributed by atoms with Crippen molar-refractivity contribution in [1.29, 1.82) is 0 Å². The fourth-order valence-electron chi connectivity index (χ4n) is 2.39. The Bertz CT molecular complexity index is 577. The van der Waals surface area contributed by atoms with E-state index in [9.17, 15) is 10.1 Å². The highest BCUT2D eigenvalue weighted by atomic mass is 35.5. The van der Waals surface area contributed by atoms with Crippen LogP contribution in [0.1, 0.15) is 19.4 Å². The molecule has 0 atom stereocenters. The molecule has 24 heavy (non-hydrogen) atoms. The molecule has 2 heterocycles. The molecule has 2 rings (SSSR count). The Hall–Kier alpha value is -1.97. The number of nitrogens with zero attached hydrogens (tertiary/aromatic N) is 5. The van der Waals surface area contributed by atoms with Crippen molar-refractivity contribution in [3.63, 3.8) is 0 Å². The quantitative estimate of drug-likeness (QED) is 0.303. The minimum absolute atomic E-state index is 0.210. The van der Waals surface area contributed by atoms with E-state index >= 15 is 0 Å².